The van der Waals surface area contributed by atoms with Crippen molar-refractivity contribution in [1.29, 1.82) is 0 Å². The summed E-state index contributed by atoms with van der Waals surface area (Å²) in [6, 6.07) is 13.7. The van der Waals surface area contributed by atoms with Crippen molar-refractivity contribution in [2.75, 3.05) is 12.3 Å². The van der Waals surface area contributed by atoms with Crippen molar-refractivity contribution in [1.82, 2.24) is 5.01 Å². The van der Waals surface area contributed by atoms with E-state index in [4.69, 9.17) is 15.8 Å². The zero-order chi connectivity index (χ0) is 20.4. The number of aliphatic imine (C=N–C) groups is 1. The van der Waals surface area contributed by atoms with E-state index in [0.717, 1.165) is 35.0 Å². The molecule has 8 heteroatoms. The summed E-state index contributed by atoms with van der Waals surface area (Å²) in [6.45, 7) is 2.59. The molecule has 0 saturated carbocycles. The molecule has 2 aliphatic heterocycles. The number of nitrogens with two attached hydrogens (primary N) is 1. The Morgan fingerprint density at radius 3 is 2.69 bits per heavy atom. The fraction of sp³-hybridized carbons (Fsp3) is 0.333. The lowest BCUT2D eigenvalue weighted by molar-refractivity contribution is 0.283. The second kappa shape index (κ2) is 8.45. The maximum atomic E-state index is 14.6. The average Bonchev–Trinajstić information content (AvgIpc) is 3.33. The molecule has 0 amide bonds. The van der Waals surface area contributed by atoms with E-state index in [9.17, 15) is 8.78 Å². The van der Waals surface area contributed by atoms with Gasteiger partial charge in [-0.25, -0.2) is 13.8 Å². The second-order valence-corrected chi connectivity index (χ2v) is 9.31. The third kappa shape index (κ3) is 3.93. The number of hydrazone groups is 1. The summed E-state index contributed by atoms with van der Waals surface area (Å²) in [7, 11) is 0. The Bertz CT molecular complexity index is 951. The Labute approximate surface area is 177 Å². The highest BCUT2D eigenvalue weighted by atomic mass is 32.2. The maximum absolute atomic E-state index is 14.6. The highest BCUT2D eigenvalue weighted by molar-refractivity contribution is 8.16. The quantitative estimate of drug-likeness (QED) is 0.740. The summed E-state index contributed by atoms with van der Waals surface area (Å²) in [5.74, 6) is -0.108. The van der Waals surface area contributed by atoms with E-state index < -0.39 is 16.5 Å². The van der Waals surface area contributed by atoms with E-state index in [1.807, 2.05) is 35.3 Å². The third-order valence-electron chi connectivity index (χ3n) is 4.87. The molecule has 0 aromatic heterocycles. The first-order valence-corrected chi connectivity index (χ1v) is 11.3. The Hall–Kier alpha value is -1.90. The molecule has 0 saturated heterocycles. The number of hydrogen-bond donors (Lipinski definition) is 1. The van der Waals surface area contributed by atoms with Crippen LogP contribution in [0.1, 0.15) is 30.9 Å². The molecule has 2 aliphatic rings. The highest BCUT2D eigenvalue weighted by Crippen LogP contribution is 2.52. The monoisotopic (exact) mass is 432 g/mol. The molecule has 0 bridgehead atoms. The zero-order valence-electron chi connectivity index (χ0n) is 16.0. The molecule has 2 heterocycles. The van der Waals surface area contributed by atoms with E-state index >= 15 is 0 Å². The van der Waals surface area contributed by atoms with Gasteiger partial charge >= 0.3 is 0 Å². The first-order valence-electron chi connectivity index (χ1n) is 9.53. The minimum Gasteiger partial charge on any atom is -0.330 e. The van der Waals surface area contributed by atoms with Crippen LogP contribution in [0.2, 0.25) is 0 Å². The Kier molecular flexibility index (Phi) is 5.94. The van der Waals surface area contributed by atoms with Crippen molar-refractivity contribution < 1.29 is 8.78 Å². The lowest BCUT2D eigenvalue weighted by Gasteiger charge is -2.36. The molecule has 4 rings (SSSR count). The lowest BCUT2D eigenvalue weighted by atomic mass is 10.0. The molecule has 2 aromatic carbocycles. The summed E-state index contributed by atoms with van der Waals surface area (Å²) >= 11 is 3.08. The second-order valence-electron chi connectivity index (χ2n) is 7.06. The number of nitrogens with zero attached hydrogens (tertiary/aromatic N) is 3. The van der Waals surface area contributed by atoms with Crippen LogP contribution in [0.25, 0.3) is 0 Å². The summed E-state index contributed by atoms with van der Waals surface area (Å²) < 4.78 is 28.4. The van der Waals surface area contributed by atoms with Crippen molar-refractivity contribution >= 4 is 33.7 Å². The summed E-state index contributed by atoms with van der Waals surface area (Å²) in [4.78, 5) is 4.15. The molecule has 2 unspecified atom stereocenters. The van der Waals surface area contributed by atoms with Gasteiger partial charge in [0.05, 0.1) is 6.04 Å². The van der Waals surface area contributed by atoms with Crippen molar-refractivity contribution in [2.45, 2.75) is 30.7 Å². The van der Waals surface area contributed by atoms with Crippen LogP contribution >= 0.6 is 23.5 Å². The van der Waals surface area contributed by atoms with Gasteiger partial charge in [0, 0.05) is 11.3 Å². The summed E-state index contributed by atoms with van der Waals surface area (Å²) in [5.41, 5.74) is 7.05. The van der Waals surface area contributed by atoms with Gasteiger partial charge in [-0.05, 0) is 50.1 Å². The SMILES string of the molecule is CC1CSC(N2N=C(c3cc(F)ccc3F)SC2(CCCN)c2ccccc2)=N1. The fourth-order valence-corrected chi connectivity index (χ4v) is 5.98. The molecule has 152 valence electrons. The van der Waals surface area contributed by atoms with Crippen LogP contribution in [0, 0.1) is 11.6 Å². The first-order chi connectivity index (χ1) is 14.0. The Morgan fingerprint density at radius 2 is 2.00 bits per heavy atom. The predicted molar refractivity (Wildman–Crippen MR) is 118 cm³/mol. The van der Waals surface area contributed by atoms with Crippen molar-refractivity contribution in [3.63, 3.8) is 0 Å². The van der Waals surface area contributed by atoms with Gasteiger partial charge in [-0.15, -0.1) is 0 Å². The van der Waals surface area contributed by atoms with Gasteiger partial charge in [0.25, 0.3) is 0 Å². The summed E-state index contributed by atoms with van der Waals surface area (Å²) in [6.07, 6.45) is 1.47. The van der Waals surface area contributed by atoms with Crippen LogP contribution in [-0.2, 0) is 4.87 Å². The maximum Gasteiger partial charge on any atom is 0.181 e. The number of amidine groups is 1. The van der Waals surface area contributed by atoms with Crippen molar-refractivity contribution in [2.24, 2.45) is 15.8 Å². The molecule has 2 aromatic rings. The van der Waals surface area contributed by atoms with Gasteiger partial charge in [0.2, 0.25) is 0 Å². The number of benzene rings is 2. The van der Waals surface area contributed by atoms with Crippen LogP contribution in [0.3, 0.4) is 0 Å². The van der Waals surface area contributed by atoms with Gasteiger partial charge in [0.15, 0.2) is 5.17 Å². The van der Waals surface area contributed by atoms with E-state index in [2.05, 4.69) is 6.92 Å². The topological polar surface area (TPSA) is 54.0 Å². The predicted octanol–water partition coefficient (Wildman–Crippen LogP) is 4.76. The molecule has 0 radical (unpaired) electrons. The molecule has 0 aliphatic carbocycles. The smallest absolute Gasteiger partial charge is 0.181 e. The number of hydrogen-bond acceptors (Lipinski definition) is 6. The largest absolute Gasteiger partial charge is 0.330 e. The van der Waals surface area contributed by atoms with Crippen LogP contribution in [0.4, 0.5) is 8.78 Å². The Balaban J connectivity index is 1.85. The molecule has 2 N–H and O–H groups in total. The highest BCUT2D eigenvalue weighted by Gasteiger charge is 2.48. The van der Waals surface area contributed by atoms with E-state index in [1.165, 1.54) is 17.8 Å². The fourth-order valence-electron chi connectivity index (χ4n) is 3.46. The standard InChI is InChI=1S/C21H22F2N4S2/c1-14-13-28-20(25-14)27-21(10-5-11-24,15-6-3-2-4-7-15)29-19(26-27)17-12-16(22)8-9-18(17)23/h2-4,6-9,12,14H,5,10-11,13,24H2,1H3. The third-order valence-corrected chi connectivity index (χ3v) is 7.50. The van der Waals surface area contributed by atoms with Crippen LogP contribution in [0.5, 0.6) is 0 Å². The molecule has 29 heavy (non-hydrogen) atoms. The average molecular weight is 433 g/mol. The zero-order valence-corrected chi connectivity index (χ0v) is 17.6. The van der Waals surface area contributed by atoms with E-state index in [1.54, 1.807) is 11.8 Å². The lowest BCUT2D eigenvalue weighted by Crippen LogP contribution is -2.40. The molecule has 2 atom stereocenters. The molecular weight excluding hydrogens is 410 g/mol. The normalized spacial score (nSPS) is 24.0. The molecule has 4 nitrogen and oxygen atoms in total. The van der Waals surface area contributed by atoms with Crippen molar-refractivity contribution in [3.05, 3.63) is 71.3 Å². The van der Waals surface area contributed by atoms with Gasteiger partial charge in [-0.1, -0.05) is 53.9 Å². The van der Waals surface area contributed by atoms with Gasteiger partial charge in [0.1, 0.15) is 21.5 Å². The van der Waals surface area contributed by atoms with E-state index in [-0.39, 0.29) is 11.6 Å². The van der Waals surface area contributed by atoms with Crippen molar-refractivity contribution in [3.8, 4) is 0 Å². The molecule has 0 fully saturated rings. The minimum atomic E-state index is -0.607. The minimum absolute atomic E-state index is 0.169. The molecular formula is C21H22F2N4S2. The summed E-state index contributed by atoms with van der Waals surface area (Å²) in [5, 5.41) is 7.93. The first kappa shape index (κ1) is 20.4. The van der Waals surface area contributed by atoms with Gasteiger partial charge in [-0.3, -0.25) is 4.99 Å². The van der Waals surface area contributed by atoms with Gasteiger partial charge < -0.3 is 5.73 Å². The number of halogens is 2. The van der Waals surface area contributed by atoms with Crippen LogP contribution < -0.4 is 5.73 Å². The Morgan fingerprint density at radius 1 is 1.21 bits per heavy atom. The van der Waals surface area contributed by atoms with Crippen LogP contribution in [-0.4, -0.2) is 33.6 Å². The molecule has 0 spiro atoms. The van der Waals surface area contributed by atoms with Crippen LogP contribution in [0.15, 0.2) is 58.6 Å². The number of thioether (sulfide) groups is 2. The van der Waals surface area contributed by atoms with E-state index in [0.29, 0.717) is 18.0 Å². The number of rotatable bonds is 5. The van der Waals surface area contributed by atoms with Gasteiger partial charge in [-0.2, -0.15) is 5.10 Å².